The lowest BCUT2D eigenvalue weighted by Crippen LogP contribution is -2.36. The first kappa shape index (κ1) is 22.9. The van der Waals surface area contributed by atoms with Crippen molar-refractivity contribution in [1.82, 2.24) is 10.2 Å². The fraction of sp³-hybridized carbons (Fsp3) is 0.417. The zero-order valence-corrected chi connectivity index (χ0v) is 18.9. The van der Waals surface area contributed by atoms with Crippen molar-refractivity contribution in [2.24, 2.45) is 5.92 Å². The van der Waals surface area contributed by atoms with Gasteiger partial charge in [0.15, 0.2) is 0 Å². The van der Waals surface area contributed by atoms with E-state index in [2.05, 4.69) is 12.2 Å². The van der Waals surface area contributed by atoms with Gasteiger partial charge in [0.2, 0.25) is 5.91 Å². The molecule has 1 heterocycles. The van der Waals surface area contributed by atoms with Crippen LogP contribution in [0.2, 0.25) is 5.02 Å². The molecule has 31 heavy (non-hydrogen) atoms. The van der Waals surface area contributed by atoms with E-state index in [-0.39, 0.29) is 23.7 Å². The van der Waals surface area contributed by atoms with Crippen LogP contribution in [0.3, 0.4) is 0 Å². The first-order chi connectivity index (χ1) is 15.0. The molecule has 0 aromatic heterocycles. The van der Waals surface area contributed by atoms with Crippen LogP contribution >= 0.6 is 11.6 Å². The van der Waals surface area contributed by atoms with Gasteiger partial charge < -0.3 is 19.7 Å². The van der Waals surface area contributed by atoms with Gasteiger partial charge in [-0.1, -0.05) is 31.0 Å². The molecule has 1 aliphatic rings. The highest BCUT2D eigenvalue weighted by molar-refractivity contribution is 6.30. The molecule has 0 spiro atoms. The van der Waals surface area contributed by atoms with Crippen LogP contribution in [0.25, 0.3) is 0 Å². The molecule has 0 aliphatic carbocycles. The monoisotopic (exact) mass is 444 g/mol. The summed E-state index contributed by atoms with van der Waals surface area (Å²) in [7, 11) is 3.20. The number of rotatable bonds is 8. The number of halogens is 1. The van der Waals surface area contributed by atoms with Crippen LogP contribution in [0.4, 0.5) is 0 Å². The Morgan fingerprint density at radius 1 is 1.13 bits per heavy atom. The van der Waals surface area contributed by atoms with Crippen molar-refractivity contribution in [2.75, 3.05) is 33.9 Å². The standard InChI is InChI=1S/C24H29ClN2O4/c1-4-5-11-26-23(28)21-15-27(24(29)16-7-6-8-17(25)12-16)14-20(21)19-13-18(30-2)9-10-22(19)31-3/h6-10,12-13,20-21H,4-5,11,14-15H2,1-3H3,(H,26,28)/t20-,21-/m1/s1. The first-order valence-electron chi connectivity index (χ1n) is 10.5. The second-order valence-corrected chi connectivity index (χ2v) is 8.12. The number of unbranched alkanes of at least 4 members (excludes halogenated alkanes) is 1. The summed E-state index contributed by atoms with van der Waals surface area (Å²) < 4.78 is 11.0. The Morgan fingerprint density at radius 3 is 2.61 bits per heavy atom. The number of nitrogens with one attached hydrogen (secondary N) is 1. The molecule has 166 valence electrons. The van der Waals surface area contributed by atoms with Crippen LogP contribution in [-0.4, -0.2) is 50.6 Å². The maximum atomic E-state index is 13.2. The fourth-order valence-corrected chi connectivity index (χ4v) is 4.19. The van der Waals surface area contributed by atoms with Gasteiger partial charge in [-0.2, -0.15) is 0 Å². The average molecular weight is 445 g/mol. The lowest BCUT2D eigenvalue weighted by molar-refractivity contribution is -0.124. The number of benzene rings is 2. The molecule has 0 unspecified atom stereocenters. The smallest absolute Gasteiger partial charge is 0.253 e. The molecule has 1 aliphatic heterocycles. The van der Waals surface area contributed by atoms with E-state index in [0.29, 0.717) is 41.7 Å². The number of nitrogens with zero attached hydrogens (tertiary/aromatic N) is 1. The Balaban J connectivity index is 1.92. The van der Waals surface area contributed by atoms with Gasteiger partial charge in [0, 0.05) is 41.7 Å². The van der Waals surface area contributed by atoms with E-state index in [0.717, 1.165) is 18.4 Å². The second kappa shape index (κ2) is 10.5. The van der Waals surface area contributed by atoms with Crippen LogP contribution in [0.5, 0.6) is 11.5 Å². The molecular formula is C24H29ClN2O4. The van der Waals surface area contributed by atoms with Crippen molar-refractivity contribution < 1.29 is 19.1 Å². The van der Waals surface area contributed by atoms with Crippen LogP contribution in [-0.2, 0) is 4.79 Å². The van der Waals surface area contributed by atoms with Gasteiger partial charge in [-0.25, -0.2) is 0 Å². The van der Waals surface area contributed by atoms with E-state index in [1.165, 1.54) is 0 Å². The molecule has 2 aromatic rings. The van der Waals surface area contributed by atoms with Gasteiger partial charge in [0.25, 0.3) is 5.91 Å². The highest BCUT2D eigenvalue weighted by atomic mass is 35.5. The van der Waals surface area contributed by atoms with Crippen molar-refractivity contribution in [2.45, 2.75) is 25.7 Å². The molecule has 1 N–H and O–H groups in total. The summed E-state index contributed by atoms with van der Waals surface area (Å²) in [6, 6.07) is 12.4. The van der Waals surface area contributed by atoms with Gasteiger partial charge >= 0.3 is 0 Å². The molecule has 0 bridgehead atoms. The summed E-state index contributed by atoms with van der Waals surface area (Å²) in [6.07, 6.45) is 1.91. The third kappa shape index (κ3) is 5.31. The largest absolute Gasteiger partial charge is 0.497 e. The van der Waals surface area contributed by atoms with Gasteiger partial charge in [-0.05, 0) is 42.8 Å². The van der Waals surface area contributed by atoms with E-state index in [9.17, 15) is 9.59 Å². The number of amides is 2. The molecule has 0 radical (unpaired) electrons. The Hall–Kier alpha value is -2.73. The van der Waals surface area contributed by atoms with Crippen LogP contribution in [0.15, 0.2) is 42.5 Å². The topological polar surface area (TPSA) is 67.9 Å². The van der Waals surface area contributed by atoms with E-state index in [1.54, 1.807) is 43.4 Å². The zero-order valence-electron chi connectivity index (χ0n) is 18.2. The molecule has 3 rings (SSSR count). The number of hydrogen-bond acceptors (Lipinski definition) is 4. The van der Waals surface area contributed by atoms with Gasteiger partial charge in [-0.3, -0.25) is 9.59 Å². The maximum absolute atomic E-state index is 13.2. The van der Waals surface area contributed by atoms with Crippen molar-refractivity contribution in [1.29, 1.82) is 0 Å². The molecule has 7 heteroatoms. The van der Waals surface area contributed by atoms with Gasteiger partial charge in [-0.15, -0.1) is 0 Å². The minimum atomic E-state index is -0.388. The van der Waals surface area contributed by atoms with Crippen molar-refractivity contribution in [3.05, 3.63) is 58.6 Å². The van der Waals surface area contributed by atoms with Gasteiger partial charge in [0.1, 0.15) is 11.5 Å². The molecule has 6 nitrogen and oxygen atoms in total. The molecular weight excluding hydrogens is 416 g/mol. The third-order valence-corrected chi connectivity index (χ3v) is 5.92. The molecule has 1 fully saturated rings. The zero-order chi connectivity index (χ0) is 22.4. The predicted octanol–water partition coefficient (Wildman–Crippen LogP) is 4.13. The van der Waals surface area contributed by atoms with Crippen molar-refractivity contribution >= 4 is 23.4 Å². The summed E-state index contributed by atoms with van der Waals surface area (Å²) in [5, 5.41) is 3.53. The molecule has 2 amide bonds. The third-order valence-electron chi connectivity index (χ3n) is 5.68. The Labute approximate surface area is 188 Å². The second-order valence-electron chi connectivity index (χ2n) is 7.69. The maximum Gasteiger partial charge on any atom is 0.253 e. The normalized spacial score (nSPS) is 18.0. The highest BCUT2D eigenvalue weighted by Crippen LogP contribution is 2.40. The van der Waals surface area contributed by atoms with Crippen molar-refractivity contribution in [3.8, 4) is 11.5 Å². The lowest BCUT2D eigenvalue weighted by Gasteiger charge is -2.21. The summed E-state index contributed by atoms with van der Waals surface area (Å²) in [6.45, 7) is 3.43. The van der Waals surface area contributed by atoms with E-state index in [1.807, 2.05) is 18.2 Å². The summed E-state index contributed by atoms with van der Waals surface area (Å²) in [5.74, 6) is 0.563. The van der Waals surface area contributed by atoms with Crippen LogP contribution < -0.4 is 14.8 Å². The predicted molar refractivity (Wildman–Crippen MR) is 121 cm³/mol. The number of methoxy groups -OCH3 is 2. The Bertz CT molecular complexity index is 934. The SMILES string of the molecule is CCCCNC(=O)[C@@H]1CN(C(=O)c2cccc(Cl)c2)C[C@@H]1c1cc(OC)ccc1OC. The Kier molecular flexibility index (Phi) is 7.80. The minimum absolute atomic E-state index is 0.0512. The highest BCUT2D eigenvalue weighted by Gasteiger charge is 2.41. The molecule has 2 atom stereocenters. The number of carbonyl (C=O) groups excluding carboxylic acids is 2. The van der Waals surface area contributed by atoms with Crippen LogP contribution in [0, 0.1) is 5.92 Å². The number of hydrogen-bond donors (Lipinski definition) is 1. The van der Waals surface area contributed by atoms with E-state index >= 15 is 0 Å². The molecule has 1 saturated heterocycles. The first-order valence-corrected chi connectivity index (χ1v) is 10.9. The van der Waals surface area contributed by atoms with Gasteiger partial charge in [0.05, 0.1) is 20.1 Å². The quantitative estimate of drug-likeness (QED) is 0.621. The summed E-state index contributed by atoms with van der Waals surface area (Å²) in [5.41, 5.74) is 1.37. The average Bonchev–Trinajstić information content (AvgIpc) is 3.23. The molecule has 2 aromatic carbocycles. The van der Waals surface area contributed by atoms with Crippen LogP contribution in [0.1, 0.15) is 41.6 Å². The number of likely N-dealkylation sites (tertiary alicyclic amines) is 1. The summed E-state index contributed by atoms with van der Waals surface area (Å²) >= 11 is 6.08. The van der Waals surface area contributed by atoms with E-state index in [4.69, 9.17) is 21.1 Å². The minimum Gasteiger partial charge on any atom is -0.497 e. The number of ether oxygens (including phenoxy) is 2. The summed E-state index contributed by atoms with van der Waals surface area (Å²) in [4.78, 5) is 28.0. The van der Waals surface area contributed by atoms with E-state index < -0.39 is 0 Å². The lowest BCUT2D eigenvalue weighted by atomic mass is 9.87. The fourth-order valence-electron chi connectivity index (χ4n) is 4.00. The van der Waals surface area contributed by atoms with Crippen molar-refractivity contribution in [3.63, 3.8) is 0 Å². The molecule has 0 saturated carbocycles. The Morgan fingerprint density at radius 2 is 1.94 bits per heavy atom. The number of carbonyl (C=O) groups is 2.